The molecule has 1 aliphatic carbocycles. The topological polar surface area (TPSA) is 76.7 Å². The molecule has 2 heterocycles. The molecule has 2 saturated heterocycles. The summed E-state index contributed by atoms with van der Waals surface area (Å²) in [5, 5.41) is 6.21. The highest BCUT2D eigenvalue weighted by molar-refractivity contribution is 5.95. The van der Waals surface area contributed by atoms with Gasteiger partial charge in [0.2, 0.25) is 11.8 Å². The van der Waals surface area contributed by atoms with Gasteiger partial charge in [-0.1, -0.05) is 0 Å². The summed E-state index contributed by atoms with van der Waals surface area (Å²) in [6.45, 7) is 6.54. The highest BCUT2D eigenvalue weighted by Crippen LogP contribution is 2.57. The van der Waals surface area contributed by atoms with Crippen LogP contribution in [0.1, 0.15) is 52.4 Å². The van der Waals surface area contributed by atoms with Crippen molar-refractivity contribution in [2.45, 2.75) is 64.5 Å². The molecule has 0 radical (unpaired) electrons. The minimum Gasteiger partial charge on any atom is -0.379 e. The molecule has 2 amide bonds. The van der Waals surface area contributed by atoms with Gasteiger partial charge >= 0.3 is 0 Å². The van der Waals surface area contributed by atoms with E-state index in [2.05, 4.69) is 10.6 Å². The lowest BCUT2D eigenvalue weighted by atomic mass is 9.50. The molecule has 2 aliphatic heterocycles. The third-order valence-corrected chi connectivity index (χ3v) is 6.34. The zero-order valence-electron chi connectivity index (χ0n) is 14.9. The van der Waals surface area contributed by atoms with E-state index in [1.807, 2.05) is 13.8 Å². The fourth-order valence-corrected chi connectivity index (χ4v) is 4.00. The maximum Gasteiger partial charge on any atom is 0.227 e. The van der Waals surface area contributed by atoms with Crippen LogP contribution in [-0.2, 0) is 19.1 Å². The van der Waals surface area contributed by atoms with Crippen molar-refractivity contribution >= 4 is 11.8 Å². The number of hydrogen-bond acceptors (Lipinski definition) is 4. The zero-order chi connectivity index (χ0) is 17.2. The third-order valence-electron chi connectivity index (χ3n) is 6.34. The first-order valence-electron chi connectivity index (χ1n) is 9.23. The molecule has 0 bridgehead atoms. The van der Waals surface area contributed by atoms with Gasteiger partial charge in [0.15, 0.2) is 0 Å². The fraction of sp³-hybridized carbons (Fsp3) is 0.889. The standard InChI is InChI=1S/C18H30N2O4/c1-17(15(21)19-13-5-3-9-23-11-13)7-8-18(17,2)16(22)20-14-6-4-10-24-12-14/h13-14H,3-12H2,1-2H3,(H,19,21)(H,20,22)/t13-,14-,17?,18?/m0/s1. The van der Waals surface area contributed by atoms with Crippen LogP contribution in [0, 0.1) is 10.8 Å². The van der Waals surface area contributed by atoms with Crippen molar-refractivity contribution in [1.29, 1.82) is 0 Å². The van der Waals surface area contributed by atoms with E-state index in [-0.39, 0.29) is 23.9 Å². The summed E-state index contributed by atoms with van der Waals surface area (Å²) in [6.07, 6.45) is 5.34. The molecular formula is C18H30N2O4. The van der Waals surface area contributed by atoms with Crippen LogP contribution >= 0.6 is 0 Å². The first kappa shape index (κ1) is 17.7. The molecule has 1 saturated carbocycles. The minimum atomic E-state index is -0.649. The molecular weight excluding hydrogens is 308 g/mol. The van der Waals surface area contributed by atoms with E-state index in [1.54, 1.807) is 0 Å². The Bertz CT molecular complexity index is 441. The summed E-state index contributed by atoms with van der Waals surface area (Å²) < 4.78 is 10.9. The van der Waals surface area contributed by atoms with E-state index in [9.17, 15) is 9.59 Å². The molecule has 2 unspecified atom stereocenters. The average molecular weight is 338 g/mol. The minimum absolute atomic E-state index is 0.0122. The third kappa shape index (κ3) is 3.18. The zero-order valence-corrected chi connectivity index (χ0v) is 14.9. The molecule has 3 fully saturated rings. The first-order chi connectivity index (χ1) is 11.5. The molecule has 3 rings (SSSR count). The molecule has 24 heavy (non-hydrogen) atoms. The predicted octanol–water partition coefficient (Wildman–Crippen LogP) is 1.38. The van der Waals surface area contributed by atoms with Gasteiger partial charge in [-0.15, -0.1) is 0 Å². The van der Waals surface area contributed by atoms with Gasteiger partial charge in [0.05, 0.1) is 36.1 Å². The summed E-state index contributed by atoms with van der Waals surface area (Å²) in [6, 6.07) is 0.144. The van der Waals surface area contributed by atoms with Gasteiger partial charge in [-0.3, -0.25) is 9.59 Å². The molecule has 2 N–H and O–H groups in total. The maximum atomic E-state index is 12.9. The molecule has 4 atom stereocenters. The molecule has 136 valence electrons. The van der Waals surface area contributed by atoms with Gasteiger partial charge in [0.1, 0.15) is 0 Å². The van der Waals surface area contributed by atoms with Crippen LogP contribution in [0.15, 0.2) is 0 Å². The number of carbonyl (C=O) groups excluding carboxylic acids is 2. The SMILES string of the molecule is CC1(C(=O)N[C@H]2CCCOC2)CCC1(C)C(=O)N[C@H]1CCCOC1. The smallest absolute Gasteiger partial charge is 0.227 e. The predicted molar refractivity (Wildman–Crippen MR) is 89.4 cm³/mol. The Morgan fingerprint density at radius 3 is 1.54 bits per heavy atom. The quantitative estimate of drug-likeness (QED) is 0.812. The van der Waals surface area contributed by atoms with Crippen LogP contribution in [0.5, 0.6) is 0 Å². The van der Waals surface area contributed by atoms with Crippen molar-refractivity contribution in [2.75, 3.05) is 26.4 Å². The first-order valence-corrected chi connectivity index (χ1v) is 9.23. The lowest BCUT2D eigenvalue weighted by molar-refractivity contribution is -0.166. The number of carbonyl (C=O) groups is 2. The Labute approximate surface area is 144 Å². The Morgan fingerprint density at radius 1 is 0.833 bits per heavy atom. The van der Waals surface area contributed by atoms with Crippen molar-refractivity contribution in [3.8, 4) is 0 Å². The number of nitrogens with one attached hydrogen (secondary N) is 2. The summed E-state index contributed by atoms with van der Waals surface area (Å²) in [7, 11) is 0. The Kier molecular flexibility index (Phi) is 5.16. The van der Waals surface area contributed by atoms with E-state index < -0.39 is 10.8 Å². The summed E-state index contributed by atoms with van der Waals surface area (Å²) in [5.41, 5.74) is -1.30. The van der Waals surface area contributed by atoms with Crippen LogP contribution in [0.2, 0.25) is 0 Å². The molecule has 0 spiro atoms. The number of ether oxygens (including phenoxy) is 2. The van der Waals surface area contributed by atoms with Gasteiger partial charge in [-0.25, -0.2) is 0 Å². The van der Waals surface area contributed by atoms with Crippen LogP contribution in [-0.4, -0.2) is 50.3 Å². The summed E-state index contributed by atoms with van der Waals surface area (Å²) in [4.78, 5) is 25.7. The van der Waals surface area contributed by atoms with Crippen molar-refractivity contribution in [3.05, 3.63) is 0 Å². The Hall–Kier alpha value is -1.14. The fourth-order valence-electron chi connectivity index (χ4n) is 4.00. The maximum absolute atomic E-state index is 12.9. The molecule has 3 aliphatic rings. The van der Waals surface area contributed by atoms with Crippen LogP contribution in [0.25, 0.3) is 0 Å². The van der Waals surface area contributed by atoms with Crippen molar-refractivity contribution < 1.29 is 19.1 Å². The lowest BCUT2D eigenvalue weighted by Crippen LogP contribution is -2.64. The van der Waals surface area contributed by atoms with Gasteiger partial charge in [0, 0.05) is 13.2 Å². The van der Waals surface area contributed by atoms with E-state index in [4.69, 9.17) is 9.47 Å². The van der Waals surface area contributed by atoms with E-state index in [1.165, 1.54) is 0 Å². The average Bonchev–Trinajstić information content (AvgIpc) is 2.61. The van der Waals surface area contributed by atoms with Gasteiger partial charge < -0.3 is 20.1 Å². The van der Waals surface area contributed by atoms with E-state index in [0.29, 0.717) is 13.2 Å². The van der Waals surface area contributed by atoms with Crippen molar-refractivity contribution in [3.63, 3.8) is 0 Å². The normalized spacial score (nSPS) is 39.6. The molecule has 0 aromatic rings. The Balaban J connectivity index is 1.61. The van der Waals surface area contributed by atoms with Crippen molar-refractivity contribution in [2.24, 2.45) is 10.8 Å². The lowest BCUT2D eigenvalue weighted by Gasteiger charge is -2.54. The van der Waals surface area contributed by atoms with Gasteiger partial charge in [-0.2, -0.15) is 0 Å². The van der Waals surface area contributed by atoms with Gasteiger partial charge in [0.25, 0.3) is 0 Å². The van der Waals surface area contributed by atoms with Crippen LogP contribution in [0.4, 0.5) is 0 Å². The number of amides is 2. The second kappa shape index (κ2) is 7.00. The highest BCUT2D eigenvalue weighted by atomic mass is 16.5. The molecule has 6 nitrogen and oxygen atoms in total. The molecule has 0 aromatic heterocycles. The molecule has 0 aromatic carbocycles. The Morgan fingerprint density at radius 2 is 1.25 bits per heavy atom. The second-order valence-corrected chi connectivity index (χ2v) is 7.94. The number of rotatable bonds is 4. The summed E-state index contributed by atoms with van der Waals surface area (Å²) in [5.74, 6) is -0.0245. The largest absolute Gasteiger partial charge is 0.379 e. The van der Waals surface area contributed by atoms with Gasteiger partial charge in [-0.05, 0) is 52.4 Å². The van der Waals surface area contributed by atoms with E-state index >= 15 is 0 Å². The monoisotopic (exact) mass is 338 g/mol. The van der Waals surface area contributed by atoms with E-state index in [0.717, 1.165) is 51.7 Å². The van der Waals surface area contributed by atoms with Crippen LogP contribution in [0.3, 0.4) is 0 Å². The van der Waals surface area contributed by atoms with Crippen LogP contribution < -0.4 is 10.6 Å². The highest BCUT2D eigenvalue weighted by Gasteiger charge is 2.62. The second-order valence-electron chi connectivity index (χ2n) is 7.94. The van der Waals surface area contributed by atoms with Crippen molar-refractivity contribution in [1.82, 2.24) is 10.6 Å². The molecule has 6 heteroatoms. The summed E-state index contributed by atoms with van der Waals surface area (Å²) >= 11 is 0. The number of hydrogen-bond donors (Lipinski definition) is 2.